The van der Waals surface area contributed by atoms with E-state index in [-0.39, 0.29) is 17.4 Å². The lowest BCUT2D eigenvalue weighted by molar-refractivity contribution is 0.0698. The predicted molar refractivity (Wildman–Crippen MR) is 76.6 cm³/mol. The summed E-state index contributed by atoms with van der Waals surface area (Å²) in [5.74, 6) is -1.29. The third kappa shape index (κ3) is 3.15. The predicted octanol–water partition coefficient (Wildman–Crippen LogP) is 4.01. The lowest BCUT2D eigenvalue weighted by Crippen LogP contribution is -2.11. The van der Waals surface area contributed by atoms with E-state index >= 15 is 0 Å². The molecule has 4 heteroatoms. The average Bonchev–Trinajstić information content (AvgIpc) is 2.40. The Bertz CT molecular complexity index is 640. The Morgan fingerprint density at radius 3 is 2.65 bits per heavy atom. The molecule has 1 unspecified atom stereocenters. The first kappa shape index (κ1) is 14.1. The maximum absolute atomic E-state index is 13.2. The third-order valence-electron chi connectivity index (χ3n) is 3.13. The number of hydrogen-bond acceptors (Lipinski definition) is 2. The summed E-state index contributed by atoms with van der Waals surface area (Å²) in [5.41, 5.74) is 2.39. The molecule has 0 bridgehead atoms. The molecule has 0 fully saturated rings. The molecule has 0 aromatic heterocycles. The van der Waals surface area contributed by atoms with Crippen LogP contribution in [0.25, 0.3) is 0 Å². The largest absolute Gasteiger partial charge is 0.478 e. The van der Waals surface area contributed by atoms with Crippen LogP contribution < -0.4 is 5.32 Å². The minimum Gasteiger partial charge on any atom is -0.478 e. The molecule has 0 aliphatic heterocycles. The summed E-state index contributed by atoms with van der Waals surface area (Å²) in [6.07, 6.45) is 0. The molecular formula is C16H16FNO2. The fraction of sp³-hybridized carbons (Fsp3) is 0.188. The molecule has 1 atom stereocenters. The zero-order valence-electron chi connectivity index (χ0n) is 11.4. The van der Waals surface area contributed by atoms with Crippen LogP contribution in [0.15, 0.2) is 42.5 Å². The van der Waals surface area contributed by atoms with E-state index in [1.807, 2.05) is 19.9 Å². The van der Waals surface area contributed by atoms with Crippen LogP contribution in [-0.4, -0.2) is 11.1 Å². The highest BCUT2D eigenvalue weighted by Crippen LogP contribution is 2.24. The van der Waals surface area contributed by atoms with Crippen molar-refractivity contribution < 1.29 is 14.3 Å². The van der Waals surface area contributed by atoms with E-state index in [1.165, 1.54) is 12.1 Å². The van der Waals surface area contributed by atoms with Crippen molar-refractivity contribution >= 4 is 11.7 Å². The minimum atomic E-state index is -0.984. The van der Waals surface area contributed by atoms with Gasteiger partial charge in [-0.1, -0.05) is 23.8 Å². The van der Waals surface area contributed by atoms with Gasteiger partial charge in [-0.3, -0.25) is 0 Å². The highest BCUT2D eigenvalue weighted by molar-refractivity contribution is 5.94. The van der Waals surface area contributed by atoms with E-state index in [2.05, 4.69) is 5.32 Å². The van der Waals surface area contributed by atoms with E-state index in [0.717, 1.165) is 11.1 Å². The first-order chi connectivity index (χ1) is 9.47. The average molecular weight is 273 g/mol. The molecule has 104 valence electrons. The van der Waals surface area contributed by atoms with E-state index < -0.39 is 5.97 Å². The number of hydrogen-bond donors (Lipinski definition) is 2. The number of carbonyl (C=O) groups is 1. The Morgan fingerprint density at radius 2 is 2.00 bits per heavy atom. The summed E-state index contributed by atoms with van der Waals surface area (Å²) in [5, 5.41) is 12.3. The normalized spacial score (nSPS) is 11.9. The van der Waals surface area contributed by atoms with Crippen LogP contribution in [0.1, 0.15) is 34.5 Å². The van der Waals surface area contributed by atoms with E-state index in [1.54, 1.807) is 24.3 Å². The fourth-order valence-electron chi connectivity index (χ4n) is 2.05. The molecule has 3 nitrogen and oxygen atoms in total. The summed E-state index contributed by atoms with van der Waals surface area (Å²) in [6, 6.07) is 11.2. The molecule has 0 aliphatic rings. The molecule has 0 spiro atoms. The lowest BCUT2D eigenvalue weighted by Gasteiger charge is -2.17. The van der Waals surface area contributed by atoms with Gasteiger partial charge in [-0.25, -0.2) is 9.18 Å². The second-order valence-electron chi connectivity index (χ2n) is 4.78. The van der Waals surface area contributed by atoms with Crippen molar-refractivity contribution in [1.82, 2.24) is 0 Å². The Balaban J connectivity index is 2.28. The number of benzene rings is 2. The maximum atomic E-state index is 13.2. The number of aryl methyl sites for hydroxylation is 1. The van der Waals surface area contributed by atoms with Crippen LogP contribution in [0.3, 0.4) is 0 Å². The molecule has 20 heavy (non-hydrogen) atoms. The number of rotatable bonds is 4. The van der Waals surface area contributed by atoms with Crippen molar-refractivity contribution in [3.8, 4) is 0 Å². The van der Waals surface area contributed by atoms with Crippen LogP contribution in [0.2, 0.25) is 0 Å². The van der Waals surface area contributed by atoms with Crippen LogP contribution in [0.4, 0.5) is 10.1 Å². The van der Waals surface area contributed by atoms with E-state index in [0.29, 0.717) is 5.69 Å². The summed E-state index contributed by atoms with van der Waals surface area (Å²) >= 11 is 0. The quantitative estimate of drug-likeness (QED) is 0.885. The molecule has 0 aliphatic carbocycles. The number of nitrogens with one attached hydrogen (secondary N) is 1. The Kier molecular flexibility index (Phi) is 4.03. The highest BCUT2D eigenvalue weighted by atomic mass is 19.1. The molecule has 0 heterocycles. The molecular weight excluding hydrogens is 257 g/mol. The number of aromatic carboxylic acids is 1. The molecule has 2 aromatic rings. The van der Waals surface area contributed by atoms with E-state index in [9.17, 15) is 14.3 Å². The van der Waals surface area contributed by atoms with Crippen LogP contribution in [-0.2, 0) is 0 Å². The fourth-order valence-corrected chi connectivity index (χ4v) is 2.05. The number of halogens is 1. The molecule has 2 aromatic carbocycles. The summed E-state index contributed by atoms with van der Waals surface area (Å²) in [6.45, 7) is 3.70. The summed E-state index contributed by atoms with van der Waals surface area (Å²) in [4.78, 5) is 11.2. The van der Waals surface area contributed by atoms with Gasteiger partial charge in [0, 0.05) is 11.7 Å². The van der Waals surface area contributed by atoms with Crippen LogP contribution >= 0.6 is 0 Å². The maximum Gasteiger partial charge on any atom is 0.337 e. The van der Waals surface area contributed by atoms with Crippen molar-refractivity contribution in [2.45, 2.75) is 19.9 Å². The van der Waals surface area contributed by atoms with Gasteiger partial charge in [0.15, 0.2) is 0 Å². The Hall–Kier alpha value is -2.36. The molecule has 0 saturated heterocycles. The number of anilines is 1. The second kappa shape index (κ2) is 5.74. The van der Waals surface area contributed by atoms with Crippen LogP contribution in [0, 0.1) is 12.7 Å². The van der Waals surface area contributed by atoms with Crippen molar-refractivity contribution in [2.24, 2.45) is 0 Å². The number of carboxylic acids is 1. The third-order valence-corrected chi connectivity index (χ3v) is 3.13. The second-order valence-corrected chi connectivity index (χ2v) is 4.78. The van der Waals surface area contributed by atoms with Gasteiger partial charge in [0.25, 0.3) is 0 Å². The van der Waals surface area contributed by atoms with E-state index in [4.69, 9.17) is 0 Å². The SMILES string of the molecule is Cc1ccc(NC(C)c2cccc(F)c2)c(C(=O)O)c1. The molecule has 0 radical (unpaired) electrons. The van der Waals surface area contributed by atoms with Gasteiger partial charge in [-0.05, 0) is 43.7 Å². The molecule has 0 saturated carbocycles. The summed E-state index contributed by atoms with van der Waals surface area (Å²) in [7, 11) is 0. The van der Waals surface area contributed by atoms with Crippen molar-refractivity contribution in [1.29, 1.82) is 0 Å². The number of carboxylic acid groups (broad SMARTS) is 1. The highest BCUT2D eigenvalue weighted by Gasteiger charge is 2.13. The van der Waals surface area contributed by atoms with Gasteiger partial charge >= 0.3 is 5.97 Å². The van der Waals surface area contributed by atoms with Gasteiger partial charge in [0.05, 0.1) is 5.56 Å². The first-order valence-electron chi connectivity index (χ1n) is 6.33. The van der Waals surface area contributed by atoms with Crippen molar-refractivity contribution in [3.05, 3.63) is 65.0 Å². The first-order valence-corrected chi connectivity index (χ1v) is 6.33. The van der Waals surface area contributed by atoms with Gasteiger partial charge in [0.1, 0.15) is 5.82 Å². The minimum absolute atomic E-state index is 0.188. The van der Waals surface area contributed by atoms with Gasteiger partial charge in [-0.15, -0.1) is 0 Å². The lowest BCUT2D eigenvalue weighted by atomic mass is 10.1. The zero-order chi connectivity index (χ0) is 14.7. The topological polar surface area (TPSA) is 49.3 Å². The standard InChI is InChI=1S/C16H16FNO2/c1-10-6-7-15(14(8-10)16(19)20)18-11(2)12-4-3-5-13(17)9-12/h3-9,11,18H,1-2H3,(H,19,20). The summed E-state index contributed by atoms with van der Waals surface area (Å²) < 4.78 is 13.2. The van der Waals surface area contributed by atoms with Crippen LogP contribution in [0.5, 0.6) is 0 Å². The monoisotopic (exact) mass is 273 g/mol. The van der Waals surface area contributed by atoms with Gasteiger partial charge in [0.2, 0.25) is 0 Å². The Labute approximate surface area is 117 Å². The smallest absolute Gasteiger partial charge is 0.337 e. The molecule has 2 rings (SSSR count). The van der Waals surface area contributed by atoms with Crippen molar-refractivity contribution in [3.63, 3.8) is 0 Å². The molecule has 2 N–H and O–H groups in total. The van der Waals surface area contributed by atoms with Gasteiger partial charge in [-0.2, -0.15) is 0 Å². The van der Waals surface area contributed by atoms with Gasteiger partial charge < -0.3 is 10.4 Å². The van der Waals surface area contributed by atoms with Crippen molar-refractivity contribution in [2.75, 3.05) is 5.32 Å². The zero-order valence-corrected chi connectivity index (χ0v) is 11.4. The molecule has 0 amide bonds. The Morgan fingerprint density at radius 1 is 1.25 bits per heavy atom.